The number of aliphatic hydroxyl groups is 1. The summed E-state index contributed by atoms with van der Waals surface area (Å²) in [7, 11) is 0. The van der Waals surface area contributed by atoms with Crippen LogP contribution in [0.25, 0.3) is 0 Å². The number of rotatable bonds is 3. The first kappa shape index (κ1) is 17.9. The lowest BCUT2D eigenvalue weighted by Gasteiger charge is -2.45. The number of Topliss-reactive ketones (excluding diaryl/α,β-unsaturated/α-hetero) is 1. The number of carbonyl (C=O) groups excluding carboxylic acids is 1. The van der Waals surface area contributed by atoms with Crippen LogP contribution in [-0.4, -0.2) is 27.9 Å². The predicted octanol–water partition coefficient (Wildman–Crippen LogP) is 2.92. The number of nitrogens with one attached hydrogen (secondary N) is 2. The van der Waals surface area contributed by atoms with Gasteiger partial charge in [-0.25, -0.2) is 0 Å². The fraction of sp³-hybridized carbons (Fsp3) is 0.333. The Labute approximate surface area is 149 Å². The van der Waals surface area contributed by atoms with Gasteiger partial charge in [0.05, 0.1) is 4.88 Å². The number of aryl methyl sites for hydroxylation is 1. The SMILES string of the molecule is Cc1ccc([C@@H]2NC(=S)N[C@@](O)(C(F)(F)F)[C@@H]2C(=O)c2cccs2)o1. The third-order valence-corrected chi connectivity index (χ3v) is 5.02. The summed E-state index contributed by atoms with van der Waals surface area (Å²) in [6.07, 6.45) is -5.14. The molecular formula is C15H13F3N2O3S2. The van der Waals surface area contributed by atoms with Crippen molar-refractivity contribution in [2.45, 2.75) is 24.9 Å². The zero-order chi connectivity index (χ0) is 18.4. The number of hydrogen-bond acceptors (Lipinski definition) is 5. The molecule has 1 aliphatic rings. The van der Waals surface area contributed by atoms with Crippen LogP contribution in [-0.2, 0) is 0 Å². The van der Waals surface area contributed by atoms with Crippen LogP contribution >= 0.6 is 23.6 Å². The molecule has 3 heterocycles. The molecule has 1 aliphatic heterocycles. The molecule has 25 heavy (non-hydrogen) atoms. The molecule has 0 saturated carbocycles. The van der Waals surface area contributed by atoms with E-state index in [2.05, 4.69) is 5.32 Å². The lowest BCUT2D eigenvalue weighted by atomic mass is 9.80. The van der Waals surface area contributed by atoms with Gasteiger partial charge in [0, 0.05) is 0 Å². The Morgan fingerprint density at radius 3 is 2.64 bits per heavy atom. The van der Waals surface area contributed by atoms with Crippen LogP contribution in [0.5, 0.6) is 0 Å². The summed E-state index contributed by atoms with van der Waals surface area (Å²) in [6.45, 7) is 1.62. The van der Waals surface area contributed by atoms with Crippen LogP contribution in [0.3, 0.4) is 0 Å². The maximum absolute atomic E-state index is 13.7. The van der Waals surface area contributed by atoms with Gasteiger partial charge in [-0.05, 0) is 42.7 Å². The number of thiocarbonyl (C=S) groups is 1. The second kappa shape index (κ2) is 6.11. The highest BCUT2D eigenvalue weighted by Gasteiger charge is 2.66. The third kappa shape index (κ3) is 3.05. The first-order valence-electron chi connectivity index (χ1n) is 7.15. The Morgan fingerprint density at radius 2 is 2.12 bits per heavy atom. The van der Waals surface area contributed by atoms with Gasteiger partial charge < -0.3 is 20.2 Å². The monoisotopic (exact) mass is 390 g/mol. The molecule has 3 rings (SSSR count). The molecule has 10 heteroatoms. The van der Waals surface area contributed by atoms with Gasteiger partial charge in [-0.3, -0.25) is 4.79 Å². The van der Waals surface area contributed by atoms with Gasteiger partial charge in [0.25, 0.3) is 0 Å². The van der Waals surface area contributed by atoms with Crippen molar-refractivity contribution in [1.29, 1.82) is 0 Å². The normalized spacial score (nSPS) is 26.8. The topological polar surface area (TPSA) is 74.5 Å². The van der Waals surface area contributed by atoms with Gasteiger partial charge >= 0.3 is 6.18 Å². The number of furan rings is 1. The number of carbonyl (C=O) groups is 1. The standard InChI is InChI=1S/C15H13F3N2O3S2/c1-7-4-5-8(23-7)11-10(12(21)9-3-2-6-25-9)14(22,15(16,17)18)20-13(24)19-11/h2-6,10-11,22H,1H3,(H2,19,20,24)/t10-,11-,14-/m0/s1. The molecule has 0 spiro atoms. The minimum absolute atomic E-state index is 0.0823. The number of halogens is 3. The lowest BCUT2D eigenvalue weighted by Crippen LogP contribution is -2.72. The molecule has 0 radical (unpaired) electrons. The van der Waals surface area contributed by atoms with E-state index in [1.807, 2.05) is 5.32 Å². The molecule has 134 valence electrons. The summed E-state index contributed by atoms with van der Waals surface area (Å²) in [6, 6.07) is 4.68. The van der Waals surface area contributed by atoms with E-state index in [0.29, 0.717) is 5.76 Å². The summed E-state index contributed by atoms with van der Waals surface area (Å²) in [4.78, 5) is 12.9. The van der Waals surface area contributed by atoms with Crippen molar-refractivity contribution < 1.29 is 27.5 Å². The average molecular weight is 390 g/mol. The first-order chi connectivity index (χ1) is 11.6. The lowest BCUT2D eigenvalue weighted by molar-refractivity contribution is -0.286. The molecule has 5 nitrogen and oxygen atoms in total. The number of thiophene rings is 1. The minimum atomic E-state index is -5.14. The highest BCUT2D eigenvalue weighted by Crippen LogP contribution is 2.44. The summed E-state index contributed by atoms with van der Waals surface area (Å²) < 4.78 is 46.4. The van der Waals surface area contributed by atoms with Crippen LogP contribution in [0.15, 0.2) is 34.1 Å². The van der Waals surface area contributed by atoms with E-state index in [0.717, 1.165) is 11.3 Å². The van der Waals surface area contributed by atoms with Crippen molar-refractivity contribution in [2.24, 2.45) is 5.92 Å². The number of alkyl halides is 3. The van der Waals surface area contributed by atoms with Gasteiger partial charge in [-0.2, -0.15) is 13.2 Å². The maximum Gasteiger partial charge on any atom is 0.437 e. The fourth-order valence-electron chi connectivity index (χ4n) is 2.77. The molecule has 0 aliphatic carbocycles. The number of hydrogen-bond donors (Lipinski definition) is 3. The second-order valence-electron chi connectivity index (χ2n) is 5.61. The Morgan fingerprint density at radius 1 is 1.40 bits per heavy atom. The van der Waals surface area contributed by atoms with Crippen LogP contribution in [0.4, 0.5) is 13.2 Å². The Kier molecular flexibility index (Phi) is 4.38. The van der Waals surface area contributed by atoms with Crippen LogP contribution in [0.1, 0.15) is 27.2 Å². The second-order valence-corrected chi connectivity index (χ2v) is 6.96. The van der Waals surface area contributed by atoms with Crippen LogP contribution in [0, 0.1) is 12.8 Å². The van der Waals surface area contributed by atoms with Gasteiger partial charge in [0.2, 0.25) is 5.72 Å². The van der Waals surface area contributed by atoms with Gasteiger partial charge in [0.1, 0.15) is 23.5 Å². The summed E-state index contributed by atoms with van der Waals surface area (Å²) in [5.74, 6) is -2.25. The molecule has 3 atom stereocenters. The smallest absolute Gasteiger partial charge is 0.437 e. The van der Waals surface area contributed by atoms with Gasteiger partial charge in [-0.15, -0.1) is 11.3 Å². The Balaban J connectivity index is 2.14. The van der Waals surface area contributed by atoms with E-state index >= 15 is 0 Å². The van der Waals surface area contributed by atoms with E-state index in [1.54, 1.807) is 24.4 Å². The predicted molar refractivity (Wildman–Crippen MR) is 88.2 cm³/mol. The fourth-order valence-corrected chi connectivity index (χ4v) is 3.76. The van der Waals surface area contributed by atoms with Crippen molar-refractivity contribution >= 4 is 34.5 Å². The average Bonchev–Trinajstić information content (AvgIpc) is 3.16. The minimum Gasteiger partial charge on any atom is -0.464 e. The van der Waals surface area contributed by atoms with Crippen molar-refractivity contribution in [1.82, 2.24) is 10.6 Å². The summed E-state index contributed by atoms with van der Waals surface area (Å²) >= 11 is 5.81. The summed E-state index contributed by atoms with van der Waals surface area (Å²) in [5.41, 5.74) is -3.53. The molecule has 1 saturated heterocycles. The Bertz CT molecular complexity index is 803. The molecule has 0 bridgehead atoms. The van der Waals surface area contributed by atoms with Crippen molar-refractivity contribution in [3.63, 3.8) is 0 Å². The van der Waals surface area contributed by atoms with E-state index in [9.17, 15) is 23.1 Å². The highest BCUT2D eigenvalue weighted by atomic mass is 32.1. The van der Waals surface area contributed by atoms with Crippen molar-refractivity contribution in [3.8, 4) is 0 Å². The Hall–Kier alpha value is -1.91. The van der Waals surface area contributed by atoms with E-state index < -0.39 is 34.8 Å². The zero-order valence-electron chi connectivity index (χ0n) is 12.8. The van der Waals surface area contributed by atoms with Crippen LogP contribution < -0.4 is 10.6 Å². The maximum atomic E-state index is 13.7. The van der Waals surface area contributed by atoms with Crippen molar-refractivity contribution in [2.75, 3.05) is 0 Å². The molecular weight excluding hydrogens is 377 g/mol. The van der Waals surface area contributed by atoms with Gasteiger partial charge in [0.15, 0.2) is 10.9 Å². The summed E-state index contributed by atoms with van der Waals surface area (Å²) in [5, 5.41) is 16.0. The molecule has 2 aromatic heterocycles. The molecule has 3 N–H and O–H groups in total. The largest absolute Gasteiger partial charge is 0.464 e. The van der Waals surface area contributed by atoms with E-state index in [4.69, 9.17) is 16.6 Å². The third-order valence-electron chi connectivity index (χ3n) is 3.92. The molecule has 0 unspecified atom stereocenters. The molecule has 0 amide bonds. The van der Waals surface area contributed by atoms with Crippen LogP contribution in [0.2, 0.25) is 0 Å². The zero-order valence-corrected chi connectivity index (χ0v) is 14.4. The van der Waals surface area contributed by atoms with E-state index in [-0.39, 0.29) is 10.6 Å². The number of ketones is 1. The molecule has 2 aromatic rings. The van der Waals surface area contributed by atoms with Gasteiger partial charge in [-0.1, -0.05) is 6.07 Å². The highest BCUT2D eigenvalue weighted by molar-refractivity contribution is 7.80. The molecule has 1 fully saturated rings. The van der Waals surface area contributed by atoms with E-state index in [1.165, 1.54) is 12.1 Å². The molecule has 0 aromatic carbocycles. The first-order valence-corrected chi connectivity index (χ1v) is 8.44. The van der Waals surface area contributed by atoms with Crippen molar-refractivity contribution in [3.05, 3.63) is 46.0 Å². The quantitative estimate of drug-likeness (QED) is 0.553.